The van der Waals surface area contributed by atoms with Crippen molar-refractivity contribution in [3.05, 3.63) is 30.2 Å². The molecule has 1 aliphatic carbocycles. The first-order valence-electron chi connectivity index (χ1n) is 9.93. The van der Waals surface area contributed by atoms with E-state index in [2.05, 4.69) is 47.3 Å². The van der Waals surface area contributed by atoms with Gasteiger partial charge in [-0.15, -0.1) is 0 Å². The van der Waals surface area contributed by atoms with Crippen LogP contribution in [-0.4, -0.2) is 45.6 Å². The van der Waals surface area contributed by atoms with Gasteiger partial charge in [0, 0.05) is 48.9 Å². The zero-order valence-corrected chi connectivity index (χ0v) is 16.5. The number of carbonyl (C=O) groups excluding carboxylic acids is 1. The number of likely N-dealkylation sites (tertiary alicyclic amines) is 1. The van der Waals surface area contributed by atoms with Gasteiger partial charge in [0.2, 0.25) is 5.91 Å². The Morgan fingerprint density at radius 1 is 1.33 bits per heavy atom. The fraction of sp³-hybridized carbons (Fsp3) is 0.571. The Morgan fingerprint density at radius 3 is 2.89 bits per heavy atom. The summed E-state index contributed by atoms with van der Waals surface area (Å²) in [4.78, 5) is 18.8. The Labute approximate surface area is 160 Å². The predicted molar refractivity (Wildman–Crippen MR) is 106 cm³/mol. The van der Waals surface area contributed by atoms with Crippen LogP contribution < -0.4 is 5.32 Å². The van der Waals surface area contributed by atoms with Gasteiger partial charge in [-0.05, 0) is 42.4 Å². The molecule has 1 aliphatic heterocycles. The Morgan fingerprint density at radius 2 is 2.15 bits per heavy atom. The van der Waals surface area contributed by atoms with Crippen molar-refractivity contribution in [1.29, 1.82) is 0 Å². The first kappa shape index (κ1) is 18.0. The van der Waals surface area contributed by atoms with Gasteiger partial charge in [-0.1, -0.05) is 20.8 Å². The predicted octanol–water partition coefficient (Wildman–Crippen LogP) is 3.66. The molecule has 0 bridgehead atoms. The first-order valence-corrected chi connectivity index (χ1v) is 9.93. The zero-order chi connectivity index (χ0) is 19.0. The molecule has 3 heterocycles. The van der Waals surface area contributed by atoms with E-state index in [1.165, 1.54) is 0 Å². The number of nitrogens with zero attached hydrogens (tertiary/aromatic N) is 3. The molecule has 2 aromatic heterocycles. The quantitative estimate of drug-likeness (QED) is 0.846. The lowest BCUT2D eigenvalue weighted by Crippen LogP contribution is -2.29. The summed E-state index contributed by atoms with van der Waals surface area (Å²) in [6.45, 7) is 9.12. The molecule has 0 spiro atoms. The molecule has 0 unspecified atom stereocenters. The van der Waals surface area contributed by atoms with Crippen molar-refractivity contribution in [2.75, 3.05) is 25.0 Å². The number of hydrogen-bond acceptors (Lipinski definition) is 4. The molecule has 144 valence electrons. The number of anilines is 1. The molecule has 2 N–H and O–H groups in total. The van der Waals surface area contributed by atoms with Crippen molar-refractivity contribution in [3.8, 4) is 11.1 Å². The van der Waals surface area contributed by atoms with E-state index in [-0.39, 0.29) is 5.41 Å². The van der Waals surface area contributed by atoms with Crippen molar-refractivity contribution in [1.82, 2.24) is 20.1 Å². The summed E-state index contributed by atoms with van der Waals surface area (Å²) in [5.74, 6) is 1.84. The van der Waals surface area contributed by atoms with Crippen LogP contribution in [0.15, 0.2) is 24.5 Å². The van der Waals surface area contributed by atoms with Gasteiger partial charge in [-0.25, -0.2) is 4.98 Å². The lowest BCUT2D eigenvalue weighted by molar-refractivity contribution is -0.131. The topological polar surface area (TPSA) is 73.9 Å². The molecule has 0 aromatic carbocycles. The van der Waals surface area contributed by atoms with Crippen molar-refractivity contribution in [3.63, 3.8) is 0 Å². The second kappa shape index (κ2) is 6.98. The highest BCUT2D eigenvalue weighted by Crippen LogP contribution is 2.37. The highest BCUT2D eigenvalue weighted by molar-refractivity contribution is 5.81. The van der Waals surface area contributed by atoms with Crippen molar-refractivity contribution in [2.24, 2.45) is 11.3 Å². The third-order valence-electron chi connectivity index (χ3n) is 5.37. The highest BCUT2D eigenvalue weighted by atomic mass is 16.2. The minimum Gasteiger partial charge on any atom is -0.370 e. The maximum Gasteiger partial charge on any atom is 0.225 e. The molecule has 1 atom stereocenters. The van der Waals surface area contributed by atoms with E-state index in [1.807, 2.05) is 23.4 Å². The van der Waals surface area contributed by atoms with E-state index in [0.29, 0.717) is 17.7 Å². The van der Waals surface area contributed by atoms with Gasteiger partial charge in [0.25, 0.3) is 0 Å². The summed E-state index contributed by atoms with van der Waals surface area (Å²) < 4.78 is 0. The summed E-state index contributed by atoms with van der Waals surface area (Å²) in [5.41, 5.74) is 3.55. The van der Waals surface area contributed by atoms with E-state index in [0.717, 1.165) is 61.5 Å². The van der Waals surface area contributed by atoms with Gasteiger partial charge in [0.1, 0.15) is 5.82 Å². The van der Waals surface area contributed by atoms with E-state index >= 15 is 0 Å². The van der Waals surface area contributed by atoms with Crippen LogP contribution in [0.4, 0.5) is 5.82 Å². The Hall–Kier alpha value is -2.37. The summed E-state index contributed by atoms with van der Waals surface area (Å²) in [7, 11) is 0. The fourth-order valence-corrected chi connectivity index (χ4v) is 3.67. The van der Waals surface area contributed by atoms with Crippen molar-refractivity contribution < 1.29 is 4.79 Å². The Bertz CT molecular complexity index is 818. The molecular weight excluding hydrogens is 338 g/mol. The maximum atomic E-state index is 12.4. The molecule has 1 saturated carbocycles. The van der Waals surface area contributed by atoms with Gasteiger partial charge < -0.3 is 10.2 Å². The number of hydrogen-bond donors (Lipinski definition) is 2. The third-order valence-corrected chi connectivity index (χ3v) is 5.37. The van der Waals surface area contributed by atoms with Crippen LogP contribution in [0.3, 0.4) is 0 Å². The summed E-state index contributed by atoms with van der Waals surface area (Å²) >= 11 is 0. The number of rotatable bonds is 5. The normalized spacial score (nSPS) is 20.1. The van der Waals surface area contributed by atoms with Crippen LogP contribution in [0.5, 0.6) is 0 Å². The van der Waals surface area contributed by atoms with Crippen molar-refractivity contribution >= 4 is 11.7 Å². The van der Waals surface area contributed by atoms with Crippen LogP contribution in [0.25, 0.3) is 11.1 Å². The zero-order valence-electron chi connectivity index (χ0n) is 16.5. The minimum atomic E-state index is 0.194. The van der Waals surface area contributed by atoms with E-state index in [1.54, 1.807) is 0 Å². The lowest BCUT2D eigenvalue weighted by Gasteiger charge is -2.19. The van der Waals surface area contributed by atoms with E-state index < -0.39 is 0 Å². The molecule has 0 radical (unpaired) electrons. The SMILES string of the molecule is CC(C)(C)CNc1cc(-c2cn[nH]c2[C@@H]2CCN(C(=O)C3CC3)C2)ccn1. The summed E-state index contributed by atoms with van der Waals surface area (Å²) in [6.07, 6.45) is 6.86. The Balaban J connectivity index is 1.50. The maximum absolute atomic E-state index is 12.4. The van der Waals surface area contributed by atoms with E-state index in [9.17, 15) is 4.79 Å². The molecule has 2 aromatic rings. The van der Waals surface area contributed by atoms with Crippen LogP contribution in [-0.2, 0) is 4.79 Å². The van der Waals surface area contributed by atoms with Gasteiger partial charge in [-0.2, -0.15) is 5.10 Å². The standard InChI is InChI=1S/C21H29N5O/c1-21(2,3)13-23-18-10-15(6-8-22-18)17-11-24-25-19(17)16-7-9-26(12-16)20(27)14-4-5-14/h6,8,10-11,14,16H,4-5,7,9,12-13H2,1-3H3,(H,22,23)(H,24,25)/t16-/m1/s1. The molecule has 1 saturated heterocycles. The smallest absolute Gasteiger partial charge is 0.225 e. The molecule has 1 amide bonds. The second-order valence-corrected chi connectivity index (χ2v) is 9.09. The second-order valence-electron chi connectivity index (χ2n) is 9.09. The number of pyridine rings is 1. The van der Waals surface area contributed by atoms with Crippen LogP contribution in [0, 0.1) is 11.3 Å². The number of aromatic nitrogens is 3. The van der Waals surface area contributed by atoms with Gasteiger partial charge >= 0.3 is 0 Å². The number of carbonyl (C=O) groups is 1. The van der Waals surface area contributed by atoms with Crippen LogP contribution >= 0.6 is 0 Å². The number of nitrogens with one attached hydrogen (secondary N) is 2. The fourth-order valence-electron chi connectivity index (χ4n) is 3.67. The van der Waals surface area contributed by atoms with Gasteiger partial charge in [0.15, 0.2) is 0 Å². The molecule has 2 aliphatic rings. The van der Waals surface area contributed by atoms with Gasteiger partial charge in [-0.3, -0.25) is 9.89 Å². The molecule has 27 heavy (non-hydrogen) atoms. The molecule has 6 heteroatoms. The lowest BCUT2D eigenvalue weighted by atomic mass is 9.96. The highest BCUT2D eigenvalue weighted by Gasteiger charge is 2.37. The number of amides is 1. The average Bonchev–Trinajstić information content (AvgIpc) is 3.17. The summed E-state index contributed by atoms with van der Waals surface area (Å²) in [6, 6.07) is 4.11. The molecule has 2 fully saturated rings. The van der Waals surface area contributed by atoms with Crippen LogP contribution in [0.1, 0.15) is 51.6 Å². The first-order chi connectivity index (χ1) is 12.9. The largest absolute Gasteiger partial charge is 0.370 e. The van der Waals surface area contributed by atoms with Crippen molar-refractivity contribution in [2.45, 2.75) is 46.0 Å². The molecule has 6 nitrogen and oxygen atoms in total. The van der Waals surface area contributed by atoms with E-state index in [4.69, 9.17) is 0 Å². The van der Waals surface area contributed by atoms with Crippen LogP contribution in [0.2, 0.25) is 0 Å². The van der Waals surface area contributed by atoms with Gasteiger partial charge in [0.05, 0.1) is 6.20 Å². The monoisotopic (exact) mass is 367 g/mol. The molecular formula is C21H29N5O. The third kappa shape index (κ3) is 4.15. The number of aromatic amines is 1. The summed E-state index contributed by atoms with van der Waals surface area (Å²) in [5, 5.41) is 10.9. The number of H-pyrrole nitrogens is 1. The average molecular weight is 367 g/mol. The molecule has 4 rings (SSSR count). The Kier molecular flexibility index (Phi) is 4.66. The minimum absolute atomic E-state index is 0.194.